The van der Waals surface area contributed by atoms with E-state index in [4.69, 9.17) is 16.3 Å². The molecule has 5 rings (SSSR count). The van der Waals surface area contributed by atoms with E-state index in [1.165, 1.54) is 15.6 Å². The van der Waals surface area contributed by atoms with Crippen molar-refractivity contribution >= 4 is 38.9 Å². The van der Waals surface area contributed by atoms with Gasteiger partial charge in [0.25, 0.3) is 5.91 Å². The van der Waals surface area contributed by atoms with Crippen molar-refractivity contribution in [3.8, 4) is 16.9 Å². The molecule has 2 aromatic carbocycles. The van der Waals surface area contributed by atoms with Crippen molar-refractivity contribution in [2.24, 2.45) is 0 Å². The molecule has 0 unspecified atom stereocenters. The van der Waals surface area contributed by atoms with E-state index in [0.29, 0.717) is 22.9 Å². The first kappa shape index (κ1) is 18.0. The number of fused-ring (bicyclic) bond motifs is 3. The van der Waals surface area contributed by atoms with Crippen LogP contribution in [0.4, 0.5) is 0 Å². The topological polar surface area (TPSA) is 41.6 Å². The average Bonchev–Trinajstić information content (AvgIpc) is 3.09. The molecule has 1 aromatic heterocycles. The zero-order valence-electron chi connectivity index (χ0n) is 15.6. The largest absolute Gasteiger partial charge is 0.493 e. The zero-order valence-corrected chi connectivity index (χ0v) is 17.2. The van der Waals surface area contributed by atoms with Gasteiger partial charge in [-0.05, 0) is 41.6 Å². The van der Waals surface area contributed by atoms with Crippen LogP contribution >= 0.6 is 22.9 Å². The summed E-state index contributed by atoms with van der Waals surface area (Å²) in [6.45, 7) is 5.06. The Bertz CT molecular complexity index is 1080. The number of thiophene rings is 1. The molecule has 2 aliphatic rings. The molecule has 0 radical (unpaired) electrons. The van der Waals surface area contributed by atoms with Crippen LogP contribution in [0.3, 0.4) is 0 Å². The van der Waals surface area contributed by atoms with Crippen LogP contribution < -0.4 is 10.1 Å². The standard InChI is InChI=1S/C22H21ClN2O2S/c1-13-12-28-20-4-2-3-15(21(13)20)16-10-19-17(9-18(16)23)22(26)25-7-6-24-11-14(25)5-8-27-19/h2-4,9-10,12,14,24H,5-8,11H2,1H3/t14-/m0/s1. The van der Waals surface area contributed by atoms with E-state index in [0.717, 1.165) is 37.2 Å². The third-order valence-corrected chi connectivity index (χ3v) is 7.07. The van der Waals surface area contributed by atoms with Crippen LogP contribution in [0, 0.1) is 6.92 Å². The molecule has 1 saturated heterocycles. The van der Waals surface area contributed by atoms with Crippen LogP contribution in [0.15, 0.2) is 35.7 Å². The summed E-state index contributed by atoms with van der Waals surface area (Å²) in [5.74, 6) is 0.644. The molecule has 6 heteroatoms. The number of carbonyl (C=O) groups is 1. The van der Waals surface area contributed by atoms with Crippen molar-refractivity contribution < 1.29 is 9.53 Å². The van der Waals surface area contributed by atoms with E-state index in [1.54, 1.807) is 17.4 Å². The molecule has 3 heterocycles. The summed E-state index contributed by atoms with van der Waals surface area (Å²) >= 11 is 8.45. The number of amides is 1. The van der Waals surface area contributed by atoms with Crippen molar-refractivity contribution in [2.45, 2.75) is 19.4 Å². The Labute approximate surface area is 173 Å². The van der Waals surface area contributed by atoms with Gasteiger partial charge in [0.05, 0.1) is 12.2 Å². The number of piperazine rings is 1. The molecule has 1 N–H and O–H groups in total. The van der Waals surface area contributed by atoms with Gasteiger partial charge in [-0.3, -0.25) is 4.79 Å². The van der Waals surface area contributed by atoms with Crippen LogP contribution in [0.25, 0.3) is 21.2 Å². The van der Waals surface area contributed by atoms with E-state index >= 15 is 0 Å². The smallest absolute Gasteiger partial charge is 0.258 e. The van der Waals surface area contributed by atoms with Gasteiger partial charge in [0, 0.05) is 52.8 Å². The monoisotopic (exact) mass is 412 g/mol. The van der Waals surface area contributed by atoms with Gasteiger partial charge in [0.15, 0.2) is 0 Å². The lowest BCUT2D eigenvalue weighted by molar-refractivity contribution is 0.0576. The quantitative estimate of drug-likeness (QED) is 0.628. The highest BCUT2D eigenvalue weighted by atomic mass is 35.5. The number of hydrogen-bond acceptors (Lipinski definition) is 4. The van der Waals surface area contributed by atoms with Crippen LogP contribution in [-0.2, 0) is 0 Å². The molecule has 28 heavy (non-hydrogen) atoms. The molecule has 3 aromatic rings. The summed E-state index contributed by atoms with van der Waals surface area (Å²) in [7, 11) is 0. The summed E-state index contributed by atoms with van der Waals surface area (Å²) in [6.07, 6.45) is 0.829. The van der Waals surface area contributed by atoms with E-state index in [2.05, 4.69) is 35.8 Å². The van der Waals surface area contributed by atoms with Gasteiger partial charge in [-0.25, -0.2) is 0 Å². The number of aryl methyl sites for hydroxylation is 1. The van der Waals surface area contributed by atoms with Gasteiger partial charge in [-0.1, -0.05) is 23.7 Å². The number of nitrogens with zero attached hydrogens (tertiary/aromatic N) is 1. The molecule has 0 spiro atoms. The fourth-order valence-electron chi connectivity index (χ4n) is 4.26. The summed E-state index contributed by atoms with van der Waals surface area (Å²) in [6, 6.07) is 10.2. The minimum absolute atomic E-state index is 0.0135. The third-order valence-electron chi connectivity index (χ3n) is 5.69. The molecule has 1 atom stereocenters. The van der Waals surface area contributed by atoms with E-state index in [9.17, 15) is 4.79 Å². The second-order valence-corrected chi connectivity index (χ2v) is 8.74. The van der Waals surface area contributed by atoms with Gasteiger partial charge in [0.1, 0.15) is 5.75 Å². The maximum Gasteiger partial charge on any atom is 0.258 e. The molecule has 1 amide bonds. The molecule has 144 valence electrons. The van der Waals surface area contributed by atoms with Crippen molar-refractivity contribution in [3.05, 3.63) is 51.9 Å². The van der Waals surface area contributed by atoms with Crippen molar-refractivity contribution in [2.75, 3.05) is 26.2 Å². The molecular weight excluding hydrogens is 392 g/mol. The highest BCUT2D eigenvalue weighted by Gasteiger charge is 2.31. The first-order valence-corrected chi connectivity index (χ1v) is 10.8. The summed E-state index contributed by atoms with van der Waals surface area (Å²) in [4.78, 5) is 15.2. The maximum atomic E-state index is 13.2. The van der Waals surface area contributed by atoms with E-state index in [1.807, 2.05) is 11.0 Å². The molecule has 0 bridgehead atoms. The SMILES string of the molecule is Cc1csc2cccc(-c3cc4c(cc3Cl)C(=O)N3CCNC[C@@H]3CCO4)c12. The summed E-state index contributed by atoms with van der Waals surface area (Å²) < 4.78 is 7.29. The van der Waals surface area contributed by atoms with Crippen molar-refractivity contribution in [1.82, 2.24) is 10.2 Å². The predicted octanol–water partition coefficient (Wildman–Crippen LogP) is 4.73. The highest BCUT2D eigenvalue weighted by Crippen LogP contribution is 2.41. The third kappa shape index (κ3) is 2.89. The zero-order chi connectivity index (χ0) is 19.3. The van der Waals surface area contributed by atoms with Gasteiger partial charge in [-0.2, -0.15) is 0 Å². The van der Waals surface area contributed by atoms with Crippen LogP contribution in [0.2, 0.25) is 5.02 Å². The first-order valence-electron chi connectivity index (χ1n) is 9.58. The summed E-state index contributed by atoms with van der Waals surface area (Å²) in [5, 5.41) is 7.33. The van der Waals surface area contributed by atoms with Crippen LogP contribution in [0.1, 0.15) is 22.3 Å². The fraction of sp³-hybridized carbons (Fsp3) is 0.318. The number of carbonyl (C=O) groups excluding carboxylic acids is 1. The molecule has 4 nitrogen and oxygen atoms in total. The Balaban J connectivity index is 1.64. The van der Waals surface area contributed by atoms with Crippen LogP contribution in [-0.4, -0.2) is 43.1 Å². The van der Waals surface area contributed by atoms with E-state index in [-0.39, 0.29) is 11.9 Å². The Morgan fingerprint density at radius 1 is 1.25 bits per heavy atom. The lowest BCUT2D eigenvalue weighted by Crippen LogP contribution is -2.54. The fourth-order valence-corrected chi connectivity index (χ4v) is 5.50. The van der Waals surface area contributed by atoms with Crippen molar-refractivity contribution in [1.29, 1.82) is 0 Å². The molecular formula is C22H21ClN2O2S. The lowest BCUT2D eigenvalue weighted by Gasteiger charge is -2.38. The average molecular weight is 413 g/mol. The molecule has 0 saturated carbocycles. The number of ether oxygens (including phenoxy) is 1. The Morgan fingerprint density at radius 3 is 3.04 bits per heavy atom. The second kappa shape index (κ2) is 7.07. The molecule has 0 aliphatic carbocycles. The Morgan fingerprint density at radius 2 is 2.14 bits per heavy atom. The highest BCUT2D eigenvalue weighted by molar-refractivity contribution is 7.17. The second-order valence-electron chi connectivity index (χ2n) is 7.42. The van der Waals surface area contributed by atoms with Gasteiger partial charge < -0.3 is 15.0 Å². The first-order chi connectivity index (χ1) is 13.6. The van der Waals surface area contributed by atoms with Gasteiger partial charge >= 0.3 is 0 Å². The van der Waals surface area contributed by atoms with Gasteiger partial charge in [0.2, 0.25) is 0 Å². The van der Waals surface area contributed by atoms with Crippen molar-refractivity contribution in [3.63, 3.8) is 0 Å². The minimum atomic E-state index is 0.0135. The number of nitrogens with one attached hydrogen (secondary N) is 1. The maximum absolute atomic E-state index is 13.2. The normalized spacial score (nSPS) is 19.6. The Hall–Kier alpha value is -2.08. The molecule has 2 aliphatic heterocycles. The van der Waals surface area contributed by atoms with Crippen LogP contribution in [0.5, 0.6) is 5.75 Å². The summed E-state index contributed by atoms with van der Waals surface area (Å²) in [5.41, 5.74) is 3.80. The minimum Gasteiger partial charge on any atom is -0.493 e. The lowest BCUT2D eigenvalue weighted by atomic mass is 9.97. The number of halogens is 1. The molecule has 1 fully saturated rings. The number of hydrogen-bond donors (Lipinski definition) is 1. The predicted molar refractivity (Wildman–Crippen MR) is 115 cm³/mol. The number of benzene rings is 2. The van der Waals surface area contributed by atoms with E-state index < -0.39 is 0 Å². The van der Waals surface area contributed by atoms with Gasteiger partial charge in [-0.15, -0.1) is 11.3 Å². The Kier molecular flexibility index (Phi) is 4.54. The number of rotatable bonds is 1.